The van der Waals surface area contributed by atoms with Gasteiger partial charge in [0.05, 0.1) is 12.6 Å². The van der Waals surface area contributed by atoms with E-state index in [0.717, 1.165) is 27.7 Å². The summed E-state index contributed by atoms with van der Waals surface area (Å²) in [6.07, 6.45) is 0.980. The lowest BCUT2D eigenvalue weighted by Crippen LogP contribution is -2.19. The van der Waals surface area contributed by atoms with Crippen molar-refractivity contribution in [3.63, 3.8) is 0 Å². The number of halogens is 2. The van der Waals surface area contributed by atoms with Crippen LogP contribution in [0.3, 0.4) is 0 Å². The molecule has 1 aliphatic heterocycles. The molecule has 104 valence electrons. The molecular formula is C16H15Br2NO. The summed E-state index contributed by atoms with van der Waals surface area (Å²) in [6.45, 7) is 0.769. The molecule has 0 spiro atoms. The lowest BCUT2D eigenvalue weighted by atomic mass is 9.96. The summed E-state index contributed by atoms with van der Waals surface area (Å²) < 4.78 is 8.06. The summed E-state index contributed by atoms with van der Waals surface area (Å²) in [4.78, 5) is 0. The average molecular weight is 397 g/mol. The molecular weight excluding hydrogens is 382 g/mol. The van der Waals surface area contributed by atoms with Crippen LogP contribution in [0.2, 0.25) is 0 Å². The van der Waals surface area contributed by atoms with E-state index in [4.69, 9.17) is 4.74 Å². The smallest absolute Gasteiger partial charge is 0.127 e. The van der Waals surface area contributed by atoms with E-state index in [1.807, 2.05) is 13.1 Å². The monoisotopic (exact) mass is 395 g/mol. The zero-order chi connectivity index (χ0) is 14.1. The molecule has 3 rings (SSSR count). The molecule has 0 amide bonds. The summed E-state index contributed by atoms with van der Waals surface area (Å²) in [5.41, 5.74) is 3.67. The Hall–Kier alpha value is -0.840. The van der Waals surface area contributed by atoms with E-state index >= 15 is 0 Å². The largest absolute Gasteiger partial charge is 0.493 e. The van der Waals surface area contributed by atoms with Crippen molar-refractivity contribution in [2.75, 3.05) is 13.7 Å². The molecule has 0 saturated heterocycles. The number of ether oxygens (including phenoxy) is 1. The molecule has 1 aliphatic rings. The number of hydrogen-bond donors (Lipinski definition) is 1. The third kappa shape index (κ3) is 2.52. The summed E-state index contributed by atoms with van der Waals surface area (Å²) >= 11 is 7.25. The van der Waals surface area contributed by atoms with Crippen molar-refractivity contribution in [1.29, 1.82) is 0 Å². The summed E-state index contributed by atoms with van der Waals surface area (Å²) in [5, 5.41) is 3.40. The fourth-order valence-electron chi connectivity index (χ4n) is 2.70. The van der Waals surface area contributed by atoms with Gasteiger partial charge in [0, 0.05) is 20.9 Å². The topological polar surface area (TPSA) is 21.3 Å². The second kappa shape index (κ2) is 5.88. The Labute approximate surface area is 135 Å². The summed E-state index contributed by atoms with van der Waals surface area (Å²) in [5.74, 6) is 1.03. The van der Waals surface area contributed by atoms with E-state index < -0.39 is 0 Å². The van der Waals surface area contributed by atoms with Crippen molar-refractivity contribution in [3.8, 4) is 5.75 Å². The first-order valence-corrected chi connectivity index (χ1v) is 8.16. The van der Waals surface area contributed by atoms with Crippen LogP contribution in [0.25, 0.3) is 0 Å². The first-order chi connectivity index (χ1) is 9.70. The van der Waals surface area contributed by atoms with Crippen molar-refractivity contribution in [2.45, 2.75) is 12.5 Å². The van der Waals surface area contributed by atoms with Crippen molar-refractivity contribution in [2.24, 2.45) is 0 Å². The first-order valence-electron chi connectivity index (χ1n) is 6.57. The number of fused-ring (bicyclic) bond motifs is 1. The van der Waals surface area contributed by atoms with Gasteiger partial charge in [-0.2, -0.15) is 0 Å². The second-order valence-electron chi connectivity index (χ2n) is 4.82. The van der Waals surface area contributed by atoms with Crippen LogP contribution >= 0.6 is 31.9 Å². The molecule has 0 aliphatic carbocycles. The Morgan fingerprint density at radius 1 is 1.15 bits per heavy atom. The highest BCUT2D eigenvalue weighted by Crippen LogP contribution is 2.40. The van der Waals surface area contributed by atoms with Crippen LogP contribution in [-0.2, 0) is 6.42 Å². The minimum atomic E-state index is 0.106. The quantitative estimate of drug-likeness (QED) is 0.827. The second-order valence-corrected chi connectivity index (χ2v) is 6.59. The van der Waals surface area contributed by atoms with Crippen molar-refractivity contribution in [1.82, 2.24) is 5.32 Å². The third-order valence-electron chi connectivity index (χ3n) is 3.59. The van der Waals surface area contributed by atoms with Gasteiger partial charge in [0.25, 0.3) is 0 Å². The van der Waals surface area contributed by atoms with Crippen molar-refractivity contribution >= 4 is 31.9 Å². The lowest BCUT2D eigenvalue weighted by Gasteiger charge is -2.21. The molecule has 0 aromatic heterocycles. The molecule has 0 bridgehead atoms. The molecule has 2 nitrogen and oxygen atoms in total. The average Bonchev–Trinajstić information content (AvgIpc) is 2.89. The number of nitrogens with one attached hydrogen (secondary N) is 1. The molecule has 2 aromatic rings. The zero-order valence-corrected chi connectivity index (χ0v) is 14.3. The van der Waals surface area contributed by atoms with E-state index in [9.17, 15) is 0 Å². The normalized spacial score (nSPS) is 14.8. The Kier molecular flexibility index (Phi) is 4.15. The molecule has 1 heterocycles. The first kappa shape index (κ1) is 14.1. The van der Waals surface area contributed by atoms with Crippen LogP contribution in [0, 0.1) is 0 Å². The number of rotatable bonds is 3. The Balaban J connectivity index is 2.13. The molecule has 4 heteroatoms. The van der Waals surface area contributed by atoms with Crippen LogP contribution in [-0.4, -0.2) is 13.7 Å². The third-order valence-corrected chi connectivity index (χ3v) is 4.77. The summed E-state index contributed by atoms with van der Waals surface area (Å²) in [7, 11) is 1.98. The van der Waals surface area contributed by atoms with Gasteiger partial charge in [0.2, 0.25) is 0 Å². The Morgan fingerprint density at radius 2 is 1.95 bits per heavy atom. The lowest BCUT2D eigenvalue weighted by molar-refractivity contribution is 0.351. The van der Waals surface area contributed by atoms with Gasteiger partial charge in [-0.25, -0.2) is 0 Å². The fraction of sp³-hybridized carbons (Fsp3) is 0.250. The molecule has 1 unspecified atom stereocenters. The predicted octanol–water partition coefficient (Wildman–Crippen LogP) is 4.46. The van der Waals surface area contributed by atoms with Gasteiger partial charge >= 0.3 is 0 Å². The highest BCUT2D eigenvalue weighted by Gasteiger charge is 2.24. The zero-order valence-electron chi connectivity index (χ0n) is 11.1. The molecule has 0 fully saturated rings. The van der Waals surface area contributed by atoms with Crippen molar-refractivity contribution in [3.05, 3.63) is 62.0 Å². The van der Waals surface area contributed by atoms with E-state index in [1.54, 1.807) is 0 Å². The van der Waals surface area contributed by atoms with Crippen LogP contribution in [0.5, 0.6) is 5.75 Å². The van der Waals surface area contributed by atoms with E-state index in [1.165, 1.54) is 16.7 Å². The van der Waals surface area contributed by atoms with E-state index in [2.05, 4.69) is 67.5 Å². The highest BCUT2D eigenvalue weighted by atomic mass is 79.9. The van der Waals surface area contributed by atoms with Crippen LogP contribution in [0.15, 0.2) is 45.3 Å². The van der Waals surface area contributed by atoms with Gasteiger partial charge < -0.3 is 10.1 Å². The van der Waals surface area contributed by atoms with E-state index in [0.29, 0.717) is 0 Å². The summed E-state index contributed by atoms with van der Waals surface area (Å²) in [6, 6.07) is 12.7. The van der Waals surface area contributed by atoms with Gasteiger partial charge in [-0.1, -0.05) is 50.1 Å². The molecule has 1 N–H and O–H groups in total. The molecule has 0 radical (unpaired) electrons. The maximum atomic E-state index is 5.85. The van der Waals surface area contributed by atoms with Gasteiger partial charge in [0.1, 0.15) is 5.75 Å². The van der Waals surface area contributed by atoms with Gasteiger partial charge in [-0.3, -0.25) is 0 Å². The standard InChI is InChI=1S/C16H15Br2NO/c1-19-15(12-4-2-3-5-14(12)18)13-9-11(17)8-10-6-7-20-16(10)13/h2-5,8-9,15,19H,6-7H2,1H3. The van der Waals surface area contributed by atoms with Crippen LogP contribution in [0.1, 0.15) is 22.7 Å². The van der Waals surface area contributed by atoms with Gasteiger partial charge in [-0.15, -0.1) is 0 Å². The SMILES string of the molecule is CNC(c1ccccc1Br)c1cc(Br)cc2c1OCC2. The minimum Gasteiger partial charge on any atom is -0.493 e. The minimum absolute atomic E-state index is 0.106. The van der Waals surface area contributed by atoms with Gasteiger partial charge in [-0.05, 0) is 36.4 Å². The fourth-order valence-corrected chi connectivity index (χ4v) is 3.74. The maximum absolute atomic E-state index is 5.85. The molecule has 0 saturated carbocycles. The van der Waals surface area contributed by atoms with Gasteiger partial charge in [0.15, 0.2) is 0 Å². The highest BCUT2D eigenvalue weighted by molar-refractivity contribution is 9.10. The molecule has 2 aromatic carbocycles. The molecule has 20 heavy (non-hydrogen) atoms. The number of benzene rings is 2. The molecule has 1 atom stereocenters. The number of hydrogen-bond acceptors (Lipinski definition) is 2. The van der Waals surface area contributed by atoms with Crippen molar-refractivity contribution < 1.29 is 4.74 Å². The Morgan fingerprint density at radius 3 is 2.70 bits per heavy atom. The Bertz CT molecular complexity index is 642. The van der Waals surface area contributed by atoms with E-state index in [-0.39, 0.29) is 6.04 Å². The maximum Gasteiger partial charge on any atom is 0.127 e. The van der Waals surface area contributed by atoms with Crippen LogP contribution in [0.4, 0.5) is 0 Å². The predicted molar refractivity (Wildman–Crippen MR) is 88.4 cm³/mol. The van der Waals surface area contributed by atoms with Crippen LogP contribution < -0.4 is 10.1 Å².